The van der Waals surface area contributed by atoms with Crippen molar-refractivity contribution in [1.82, 2.24) is 4.31 Å². The second-order valence-electron chi connectivity index (χ2n) is 6.55. The van der Waals surface area contributed by atoms with Crippen molar-refractivity contribution in [3.63, 3.8) is 0 Å². The van der Waals surface area contributed by atoms with Crippen LogP contribution >= 0.6 is 23.7 Å². The van der Waals surface area contributed by atoms with Crippen LogP contribution in [0.4, 0.5) is 11.4 Å². The molecule has 3 rings (SSSR count). The number of carbonyl (C=O) groups is 2. The molecular formula is C21H25N3O2S2. The third kappa shape index (κ3) is 5.10. The number of hydrogen-bond acceptors (Lipinski definition) is 5. The molecule has 1 atom stereocenters. The lowest BCUT2D eigenvalue weighted by molar-refractivity contribution is -0.115. The Morgan fingerprint density at radius 1 is 1.21 bits per heavy atom. The van der Waals surface area contributed by atoms with Crippen molar-refractivity contribution in [1.29, 1.82) is 0 Å². The minimum absolute atomic E-state index is 0.0349. The van der Waals surface area contributed by atoms with Gasteiger partial charge in [0.05, 0.1) is 10.9 Å². The molecule has 1 heterocycles. The summed E-state index contributed by atoms with van der Waals surface area (Å²) in [5.41, 5.74) is 1.97. The molecule has 0 aromatic heterocycles. The van der Waals surface area contributed by atoms with E-state index in [1.54, 1.807) is 24.1 Å². The number of fused-ring (bicyclic) bond motifs is 1. The van der Waals surface area contributed by atoms with Crippen LogP contribution < -0.4 is 10.6 Å². The van der Waals surface area contributed by atoms with E-state index in [1.165, 1.54) is 11.8 Å². The molecule has 0 saturated heterocycles. The second-order valence-corrected chi connectivity index (χ2v) is 9.10. The molecule has 0 radical (unpaired) electrons. The molecule has 0 saturated carbocycles. The number of thioether (sulfide) groups is 1. The van der Waals surface area contributed by atoms with Gasteiger partial charge in [0.2, 0.25) is 5.91 Å². The molecule has 0 spiro atoms. The number of carbonyl (C=O) groups excluding carboxylic acids is 2. The smallest absolute Gasteiger partial charge is 0.255 e. The summed E-state index contributed by atoms with van der Waals surface area (Å²) in [6.07, 6.45) is 1.12. The molecule has 148 valence electrons. The summed E-state index contributed by atoms with van der Waals surface area (Å²) in [6.45, 7) is 8.23. The lowest BCUT2D eigenvalue weighted by Crippen LogP contribution is -2.26. The highest BCUT2D eigenvalue weighted by Crippen LogP contribution is 2.36. The Bertz CT molecular complexity index is 855. The van der Waals surface area contributed by atoms with Crippen LogP contribution in [0, 0.1) is 0 Å². The topological polar surface area (TPSA) is 61.4 Å². The van der Waals surface area contributed by atoms with Crippen LogP contribution in [0.5, 0.6) is 0 Å². The molecule has 0 aliphatic carbocycles. The van der Waals surface area contributed by atoms with Crippen molar-refractivity contribution in [3.8, 4) is 0 Å². The summed E-state index contributed by atoms with van der Waals surface area (Å²) < 4.78 is 2.31. The van der Waals surface area contributed by atoms with Crippen LogP contribution in [-0.2, 0) is 4.79 Å². The molecule has 1 aliphatic rings. The van der Waals surface area contributed by atoms with E-state index in [1.807, 2.05) is 37.3 Å². The third-order valence-corrected chi connectivity index (χ3v) is 6.70. The Morgan fingerprint density at radius 3 is 2.64 bits per heavy atom. The van der Waals surface area contributed by atoms with Gasteiger partial charge >= 0.3 is 0 Å². The van der Waals surface area contributed by atoms with Gasteiger partial charge in [-0.25, -0.2) is 4.31 Å². The monoisotopic (exact) mass is 415 g/mol. The fraction of sp³-hybridized carbons (Fsp3) is 0.333. The van der Waals surface area contributed by atoms with Crippen molar-refractivity contribution < 1.29 is 9.59 Å². The number of benzene rings is 2. The van der Waals surface area contributed by atoms with Crippen LogP contribution in [0.1, 0.15) is 37.6 Å². The van der Waals surface area contributed by atoms with Crippen molar-refractivity contribution in [3.05, 3.63) is 48.0 Å². The first-order valence-corrected chi connectivity index (χ1v) is 11.1. The first-order chi connectivity index (χ1) is 13.5. The highest BCUT2D eigenvalue weighted by atomic mass is 32.2. The minimum atomic E-state index is -0.192. The summed E-state index contributed by atoms with van der Waals surface area (Å²) in [7, 11) is 0. The van der Waals surface area contributed by atoms with Gasteiger partial charge in [-0.1, -0.05) is 13.8 Å². The second kappa shape index (κ2) is 9.49. The van der Waals surface area contributed by atoms with E-state index in [0.29, 0.717) is 11.3 Å². The standard InChI is InChI=1S/C21H25N3O2S2/c1-4-12-24(5-2)28-17-9-7-16(8-10-17)22-21(26)15-6-11-19-18(13-15)23-20(25)14(3)27-19/h6-11,13-14H,4-5,12H2,1-3H3,(H,22,26)(H,23,25). The van der Waals surface area contributed by atoms with Crippen LogP contribution in [0.3, 0.4) is 0 Å². The minimum Gasteiger partial charge on any atom is -0.324 e. The average Bonchev–Trinajstić information content (AvgIpc) is 2.69. The molecule has 1 aliphatic heterocycles. The quantitative estimate of drug-likeness (QED) is 0.615. The number of rotatable bonds is 7. The van der Waals surface area contributed by atoms with E-state index in [2.05, 4.69) is 28.8 Å². The van der Waals surface area contributed by atoms with E-state index in [9.17, 15) is 9.59 Å². The largest absolute Gasteiger partial charge is 0.324 e. The number of nitrogens with one attached hydrogen (secondary N) is 2. The van der Waals surface area contributed by atoms with Gasteiger partial charge in [0.25, 0.3) is 5.91 Å². The fourth-order valence-electron chi connectivity index (χ4n) is 2.82. The van der Waals surface area contributed by atoms with E-state index < -0.39 is 0 Å². The zero-order valence-electron chi connectivity index (χ0n) is 16.3. The highest BCUT2D eigenvalue weighted by molar-refractivity contribution is 8.01. The Labute approximate surface area is 174 Å². The molecule has 0 bridgehead atoms. The zero-order valence-corrected chi connectivity index (χ0v) is 18.0. The molecule has 1 unspecified atom stereocenters. The van der Waals surface area contributed by atoms with Gasteiger partial charge < -0.3 is 10.6 Å². The van der Waals surface area contributed by atoms with Crippen molar-refractivity contribution in [2.75, 3.05) is 23.7 Å². The van der Waals surface area contributed by atoms with Crippen molar-refractivity contribution >= 4 is 46.9 Å². The van der Waals surface area contributed by atoms with Crippen LogP contribution in [-0.4, -0.2) is 34.5 Å². The summed E-state index contributed by atoms with van der Waals surface area (Å²) in [5.74, 6) is -0.227. The number of hydrogen-bond donors (Lipinski definition) is 2. The van der Waals surface area contributed by atoms with E-state index >= 15 is 0 Å². The van der Waals surface area contributed by atoms with Gasteiger partial charge in [0, 0.05) is 34.1 Å². The van der Waals surface area contributed by atoms with Crippen molar-refractivity contribution in [2.45, 2.75) is 42.2 Å². The van der Waals surface area contributed by atoms with E-state index in [4.69, 9.17) is 0 Å². The summed E-state index contributed by atoms with van der Waals surface area (Å²) in [6, 6.07) is 13.3. The summed E-state index contributed by atoms with van der Waals surface area (Å²) >= 11 is 3.24. The van der Waals surface area contributed by atoms with Gasteiger partial charge in [0.1, 0.15) is 0 Å². The van der Waals surface area contributed by atoms with E-state index in [-0.39, 0.29) is 17.1 Å². The Kier molecular flexibility index (Phi) is 7.04. The lowest BCUT2D eigenvalue weighted by atomic mass is 10.1. The fourth-order valence-corrected chi connectivity index (χ4v) is 4.71. The Balaban J connectivity index is 1.65. The normalized spacial score (nSPS) is 15.9. The summed E-state index contributed by atoms with van der Waals surface area (Å²) in [5, 5.41) is 5.67. The Morgan fingerprint density at radius 2 is 1.96 bits per heavy atom. The maximum atomic E-state index is 12.6. The van der Waals surface area contributed by atoms with Gasteiger partial charge in [-0.05, 0) is 67.8 Å². The van der Waals surface area contributed by atoms with E-state index in [0.717, 1.165) is 35.0 Å². The van der Waals surface area contributed by atoms with Gasteiger partial charge in [-0.15, -0.1) is 11.8 Å². The van der Waals surface area contributed by atoms with Crippen molar-refractivity contribution in [2.24, 2.45) is 0 Å². The first kappa shape index (κ1) is 20.8. The highest BCUT2D eigenvalue weighted by Gasteiger charge is 2.23. The number of amides is 2. The van der Waals surface area contributed by atoms with Gasteiger partial charge in [0.15, 0.2) is 0 Å². The van der Waals surface area contributed by atoms with Gasteiger partial charge in [-0.3, -0.25) is 9.59 Å². The molecule has 7 heteroatoms. The number of nitrogens with zero attached hydrogens (tertiary/aromatic N) is 1. The van der Waals surface area contributed by atoms with Gasteiger partial charge in [-0.2, -0.15) is 0 Å². The third-order valence-electron chi connectivity index (χ3n) is 4.35. The molecule has 2 N–H and O–H groups in total. The summed E-state index contributed by atoms with van der Waals surface area (Å²) in [4.78, 5) is 26.6. The molecule has 28 heavy (non-hydrogen) atoms. The SMILES string of the molecule is CCCN(CC)Sc1ccc(NC(=O)c2ccc3c(c2)NC(=O)C(C)S3)cc1. The molecular weight excluding hydrogens is 390 g/mol. The number of anilines is 2. The molecule has 0 fully saturated rings. The average molecular weight is 416 g/mol. The van der Waals surface area contributed by atoms with Crippen LogP contribution in [0.25, 0.3) is 0 Å². The predicted molar refractivity (Wildman–Crippen MR) is 118 cm³/mol. The molecule has 2 aromatic carbocycles. The van der Waals surface area contributed by atoms with Crippen LogP contribution in [0.2, 0.25) is 0 Å². The molecule has 2 amide bonds. The Hall–Kier alpha value is -1.96. The maximum Gasteiger partial charge on any atom is 0.255 e. The van der Waals surface area contributed by atoms with Crippen LogP contribution in [0.15, 0.2) is 52.3 Å². The zero-order chi connectivity index (χ0) is 20.1. The maximum absolute atomic E-state index is 12.6. The first-order valence-electron chi connectivity index (χ1n) is 9.46. The molecule has 2 aromatic rings. The predicted octanol–water partition coefficient (Wildman–Crippen LogP) is 5.11. The molecule has 5 nitrogen and oxygen atoms in total. The lowest BCUT2D eigenvalue weighted by Gasteiger charge is -2.21.